The predicted molar refractivity (Wildman–Crippen MR) is 79.9 cm³/mol. The highest BCUT2D eigenvalue weighted by Gasteiger charge is 2.10. The summed E-state index contributed by atoms with van der Waals surface area (Å²) < 4.78 is 11.8. The average molecular weight is 332 g/mol. The molecule has 0 aliphatic rings. The molecule has 4 nitrogen and oxygen atoms in total. The van der Waals surface area contributed by atoms with Crippen LogP contribution in [0.25, 0.3) is 0 Å². The van der Waals surface area contributed by atoms with Gasteiger partial charge in [-0.3, -0.25) is 0 Å². The van der Waals surface area contributed by atoms with Gasteiger partial charge in [-0.25, -0.2) is 0 Å². The summed E-state index contributed by atoms with van der Waals surface area (Å²) >= 11 is 3.51. The van der Waals surface area contributed by atoms with Gasteiger partial charge in [0, 0.05) is 13.2 Å². The number of halogens is 1. The number of aliphatic hydroxyl groups excluding tert-OH is 1. The highest BCUT2D eigenvalue weighted by Crippen LogP contribution is 2.36. The molecule has 0 bridgehead atoms. The van der Waals surface area contributed by atoms with Crippen molar-refractivity contribution in [1.29, 1.82) is 0 Å². The molecule has 0 unspecified atom stereocenters. The third-order valence-electron chi connectivity index (χ3n) is 2.67. The number of hydrogen-bond donors (Lipinski definition) is 2. The van der Waals surface area contributed by atoms with Gasteiger partial charge in [-0.15, -0.1) is 0 Å². The first-order valence-electron chi connectivity index (χ1n) is 6.53. The van der Waals surface area contributed by atoms with Gasteiger partial charge in [0.1, 0.15) is 0 Å². The first kappa shape index (κ1) is 16.3. The van der Waals surface area contributed by atoms with E-state index in [9.17, 15) is 0 Å². The van der Waals surface area contributed by atoms with Gasteiger partial charge < -0.3 is 19.9 Å². The molecule has 1 aromatic rings. The molecular formula is C14H22BrNO3. The van der Waals surface area contributed by atoms with Crippen LogP contribution in [0.1, 0.15) is 25.3 Å². The van der Waals surface area contributed by atoms with Crippen molar-refractivity contribution in [3.05, 3.63) is 22.2 Å². The van der Waals surface area contributed by atoms with Crippen LogP contribution in [0.3, 0.4) is 0 Å². The molecule has 1 rings (SSSR count). The summed E-state index contributed by atoms with van der Waals surface area (Å²) in [6.07, 6.45) is 1.81. The van der Waals surface area contributed by atoms with E-state index in [4.69, 9.17) is 14.6 Å². The maximum absolute atomic E-state index is 8.70. The summed E-state index contributed by atoms with van der Waals surface area (Å²) in [5.41, 5.74) is 1.14. The lowest BCUT2D eigenvalue weighted by atomic mass is 10.2. The first-order valence-corrected chi connectivity index (χ1v) is 7.33. The fourth-order valence-electron chi connectivity index (χ4n) is 1.75. The minimum Gasteiger partial charge on any atom is -0.493 e. The molecular weight excluding hydrogens is 310 g/mol. The van der Waals surface area contributed by atoms with Crippen molar-refractivity contribution in [3.63, 3.8) is 0 Å². The Morgan fingerprint density at radius 3 is 2.74 bits per heavy atom. The quantitative estimate of drug-likeness (QED) is 0.683. The highest BCUT2D eigenvalue weighted by atomic mass is 79.9. The standard InChI is InChI=1S/C14H22BrNO3/c1-3-19-14-12(15)8-11(9-13(14)18-2)10-16-6-4-5-7-17/h8-9,16-17H,3-7,10H2,1-2H3. The summed E-state index contributed by atoms with van der Waals surface area (Å²) in [4.78, 5) is 0. The van der Waals surface area contributed by atoms with E-state index in [1.54, 1.807) is 7.11 Å². The predicted octanol–water partition coefficient (Wildman–Crippen LogP) is 2.72. The normalized spacial score (nSPS) is 10.5. The minimum atomic E-state index is 0.254. The van der Waals surface area contributed by atoms with Crippen LogP contribution in [0.4, 0.5) is 0 Å². The Morgan fingerprint density at radius 1 is 1.32 bits per heavy atom. The van der Waals surface area contributed by atoms with Crippen molar-refractivity contribution in [2.45, 2.75) is 26.3 Å². The van der Waals surface area contributed by atoms with Gasteiger partial charge in [-0.2, -0.15) is 0 Å². The molecule has 0 fully saturated rings. The van der Waals surface area contributed by atoms with Crippen LogP contribution in [0, 0.1) is 0 Å². The molecule has 1 aromatic carbocycles. The third-order valence-corrected chi connectivity index (χ3v) is 3.26. The van der Waals surface area contributed by atoms with Crippen LogP contribution in [0.2, 0.25) is 0 Å². The second-order valence-corrected chi connectivity index (χ2v) is 5.00. The molecule has 5 heteroatoms. The van der Waals surface area contributed by atoms with Crippen LogP contribution in [-0.4, -0.2) is 32.0 Å². The smallest absolute Gasteiger partial charge is 0.175 e. The fourth-order valence-corrected chi connectivity index (χ4v) is 2.36. The van der Waals surface area contributed by atoms with Gasteiger partial charge in [0.05, 0.1) is 18.2 Å². The lowest BCUT2D eigenvalue weighted by molar-refractivity contribution is 0.283. The Labute approximate surface area is 123 Å². The molecule has 0 aliphatic heterocycles. The maximum Gasteiger partial charge on any atom is 0.175 e. The largest absolute Gasteiger partial charge is 0.493 e. The molecule has 0 atom stereocenters. The van der Waals surface area contributed by atoms with E-state index in [0.29, 0.717) is 6.61 Å². The van der Waals surface area contributed by atoms with Crippen molar-refractivity contribution in [2.24, 2.45) is 0 Å². The first-order chi connectivity index (χ1) is 9.22. The number of rotatable bonds is 9. The molecule has 0 saturated heterocycles. The third kappa shape index (κ3) is 5.38. The van der Waals surface area contributed by atoms with E-state index in [0.717, 1.165) is 47.5 Å². The Balaban J connectivity index is 2.62. The summed E-state index contributed by atoms with van der Waals surface area (Å²) in [7, 11) is 1.64. The number of aliphatic hydroxyl groups is 1. The van der Waals surface area contributed by atoms with Gasteiger partial charge in [0.15, 0.2) is 11.5 Å². The van der Waals surface area contributed by atoms with E-state index in [1.165, 1.54) is 0 Å². The van der Waals surface area contributed by atoms with Crippen molar-refractivity contribution in [2.75, 3.05) is 26.9 Å². The number of hydrogen-bond acceptors (Lipinski definition) is 4. The van der Waals surface area contributed by atoms with Crippen molar-refractivity contribution in [3.8, 4) is 11.5 Å². The summed E-state index contributed by atoms with van der Waals surface area (Å²) in [5.74, 6) is 1.48. The molecule has 108 valence electrons. The minimum absolute atomic E-state index is 0.254. The van der Waals surface area contributed by atoms with Crippen LogP contribution in [-0.2, 0) is 6.54 Å². The Hall–Kier alpha value is -0.780. The summed E-state index contributed by atoms with van der Waals surface area (Å²) in [6, 6.07) is 4.02. The fraction of sp³-hybridized carbons (Fsp3) is 0.571. The molecule has 0 saturated carbocycles. The number of ether oxygens (including phenoxy) is 2. The van der Waals surface area contributed by atoms with E-state index < -0.39 is 0 Å². The number of methoxy groups -OCH3 is 1. The van der Waals surface area contributed by atoms with Crippen molar-refractivity contribution in [1.82, 2.24) is 5.32 Å². The molecule has 19 heavy (non-hydrogen) atoms. The molecule has 0 amide bonds. The van der Waals surface area contributed by atoms with Crippen molar-refractivity contribution < 1.29 is 14.6 Å². The highest BCUT2D eigenvalue weighted by molar-refractivity contribution is 9.10. The Bertz CT molecular complexity index is 385. The van der Waals surface area contributed by atoms with E-state index in [2.05, 4.69) is 21.2 Å². The Kier molecular flexibility index (Phi) is 7.86. The molecule has 0 aromatic heterocycles. The molecule has 0 aliphatic carbocycles. The van der Waals surface area contributed by atoms with Gasteiger partial charge in [-0.1, -0.05) is 0 Å². The lowest BCUT2D eigenvalue weighted by Crippen LogP contribution is -2.15. The number of benzene rings is 1. The zero-order valence-corrected chi connectivity index (χ0v) is 13.1. The summed E-state index contributed by atoms with van der Waals surface area (Å²) in [5, 5.41) is 12.0. The number of unbranched alkanes of at least 4 members (excludes halogenated alkanes) is 1. The second-order valence-electron chi connectivity index (χ2n) is 4.15. The molecule has 0 radical (unpaired) electrons. The van der Waals surface area contributed by atoms with Gasteiger partial charge in [0.25, 0.3) is 0 Å². The van der Waals surface area contributed by atoms with Crippen LogP contribution >= 0.6 is 15.9 Å². The molecule has 0 heterocycles. The Morgan fingerprint density at radius 2 is 2.11 bits per heavy atom. The van der Waals surface area contributed by atoms with Gasteiger partial charge in [0.2, 0.25) is 0 Å². The second kappa shape index (κ2) is 9.18. The van der Waals surface area contributed by atoms with Crippen molar-refractivity contribution >= 4 is 15.9 Å². The maximum atomic E-state index is 8.70. The molecule has 0 spiro atoms. The van der Waals surface area contributed by atoms with Crippen LogP contribution < -0.4 is 14.8 Å². The van der Waals surface area contributed by atoms with E-state index in [1.807, 2.05) is 19.1 Å². The lowest BCUT2D eigenvalue weighted by Gasteiger charge is -2.13. The average Bonchev–Trinajstić information content (AvgIpc) is 2.41. The van der Waals surface area contributed by atoms with Crippen LogP contribution in [0.15, 0.2) is 16.6 Å². The monoisotopic (exact) mass is 331 g/mol. The van der Waals surface area contributed by atoms with Gasteiger partial charge >= 0.3 is 0 Å². The van der Waals surface area contributed by atoms with E-state index >= 15 is 0 Å². The van der Waals surface area contributed by atoms with E-state index in [-0.39, 0.29) is 6.61 Å². The molecule has 2 N–H and O–H groups in total. The number of nitrogens with one attached hydrogen (secondary N) is 1. The topological polar surface area (TPSA) is 50.7 Å². The van der Waals surface area contributed by atoms with Crippen LogP contribution in [0.5, 0.6) is 11.5 Å². The zero-order chi connectivity index (χ0) is 14.1. The SMILES string of the molecule is CCOc1c(Br)cc(CNCCCCO)cc1OC. The van der Waals surface area contributed by atoms with Gasteiger partial charge in [-0.05, 0) is 59.9 Å². The summed E-state index contributed by atoms with van der Waals surface area (Å²) in [6.45, 7) is 4.47. The zero-order valence-electron chi connectivity index (χ0n) is 11.5.